The molecular formula is C17H25ClN4O. The molecule has 0 aliphatic carbocycles. The molecule has 1 aromatic carbocycles. The standard InChI is InChI=1S/C17H24N4O.ClH/c1-3-13(2)16(18)17(22)19-11-14-5-7-15(8-6-14)12-21-10-4-9-20-21;/h4-10,13,16H,3,11-12,18H2,1-2H3,(H,19,22);1H. The Hall–Kier alpha value is -1.85. The van der Waals surface area contributed by atoms with Crippen molar-refractivity contribution in [3.63, 3.8) is 0 Å². The first kappa shape index (κ1) is 19.2. The molecule has 2 rings (SSSR count). The van der Waals surface area contributed by atoms with E-state index in [1.807, 2.05) is 42.9 Å². The van der Waals surface area contributed by atoms with Crippen molar-refractivity contribution in [1.82, 2.24) is 15.1 Å². The molecule has 1 aromatic heterocycles. The number of amides is 1. The van der Waals surface area contributed by atoms with Crippen LogP contribution >= 0.6 is 12.4 Å². The molecule has 0 aliphatic rings. The number of carbonyl (C=O) groups is 1. The highest BCUT2D eigenvalue weighted by atomic mass is 35.5. The van der Waals surface area contributed by atoms with Crippen LogP contribution in [0.1, 0.15) is 31.4 Å². The summed E-state index contributed by atoms with van der Waals surface area (Å²) in [5.74, 6) is 0.103. The lowest BCUT2D eigenvalue weighted by Crippen LogP contribution is -2.44. The van der Waals surface area contributed by atoms with Crippen molar-refractivity contribution < 1.29 is 4.79 Å². The summed E-state index contributed by atoms with van der Waals surface area (Å²) in [5, 5.41) is 7.08. The Kier molecular flexibility index (Phi) is 7.78. The van der Waals surface area contributed by atoms with Crippen molar-refractivity contribution in [2.24, 2.45) is 11.7 Å². The van der Waals surface area contributed by atoms with Gasteiger partial charge in [0.05, 0.1) is 12.6 Å². The van der Waals surface area contributed by atoms with Crippen LogP contribution in [0.2, 0.25) is 0 Å². The van der Waals surface area contributed by atoms with Crippen LogP contribution in [0.25, 0.3) is 0 Å². The fourth-order valence-electron chi connectivity index (χ4n) is 2.16. The average molecular weight is 337 g/mol. The summed E-state index contributed by atoms with van der Waals surface area (Å²) in [7, 11) is 0. The first-order chi connectivity index (χ1) is 10.6. The molecule has 2 unspecified atom stereocenters. The highest BCUT2D eigenvalue weighted by molar-refractivity contribution is 5.85. The van der Waals surface area contributed by atoms with Gasteiger partial charge in [-0.25, -0.2) is 0 Å². The Morgan fingerprint density at radius 3 is 2.52 bits per heavy atom. The van der Waals surface area contributed by atoms with Crippen LogP contribution in [-0.2, 0) is 17.9 Å². The number of benzene rings is 1. The summed E-state index contributed by atoms with van der Waals surface area (Å²) in [5.41, 5.74) is 8.15. The van der Waals surface area contributed by atoms with E-state index in [0.717, 1.165) is 18.5 Å². The molecule has 0 spiro atoms. The summed E-state index contributed by atoms with van der Waals surface area (Å²) >= 11 is 0. The molecule has 5 nitrogen and oxygen atoms in total. The van der Waals surface area contributed by atoms with E-state index < -0.39 is 6.04 Å². The normalized spacial score (nSPS) is 13.0. The van der Waals surface area contributed by atoms with Crippen molar-refractivity contribution >= 4 is 18.3 Å². The number of aromatic nitrogens is 2. The lowest BCUT2D eigenvalue weighted by atomic mass is 9.99. The van der Waals surface area contributed by atoms with Crippen molar-refractivity contribution in [1.29, 1.82) is 0 Å². The zero-order valence-electron chi connectivity index (χ0n) is 13.6. The van der Waals surface area contributed by atoms with Crippen molar-refractivity contribution in [2.75, 3.05) is 0 Å². The number of carbonyl (C=O) groups excluding carboxylic acids is 1. The minimum Gasteiger partial charge on any atom is -0.351 e. The molecule has 6 heteroatoms. The van der Waals surface area contributed by atoms with E-state index in [2.05, 4.69) is 22.5 Å². The summed E-state index contributed by atoms with van der Waals surface area (Å²) in [6, 6.07) is 9.62. The number of rotatable bonds is 7. The summed E-state index contributed by atoms with van der Waals surface area (Å²) in [6.07, 6.45) is 4.60. The number of hydrogen-bond donors (Lipinski definition) is 2. The number of nitrogens with two attached hydrogens (primary N) is 1. The molecule has 1 heterocycles. The summed E-state index contributed by atoms with van der Waals surface area (Å²) in [6.45, 7) is 5.29. The van der Waals surface area contributed by atoms with Crippen LogP contribution < -0.4 is 11.1 Å². The Morgan fingerprint density at radius 1 is 1.30 bits per heavy atom. The van der Waals surface area contributed by atoms with E-state index in [1.165, 1.54) is 5.56 Å². The first-order valence-electron chi connectivity index (χ1n) is 7.68. The molecule has 1 amide bonds. The van der Waals surface area contributed by atoms with Crippen LogP contribution in [0.15, 0.2) is 42.7 Å². The van der Waals surface area contributed by atoms with Crippen molar-refractivity contribution in [2.45, 2.75) is 39.4 Å². The molecule has 23 heavy (non-hydrogen) atoms. The van der Waals surface area contributed by atoms with Gasteiger partial charge in [-0.1, -0.05) is 44.5 Å². The number of hydrogen-bond acceptors (Lipinski definition) is 3. The molecule has 126 valence electrons. The lowest BCUT2D eigenvalue weighted by Gasteiger charge is -2.17. The third-order valence-corrected chi connectivity index (χ3v) is 3.95. The van der Waals surface area contributed by atoms with E-state index >= 15 is 0 Å². The smallest absolute Gasteiger partial charge is 0.237 e. The van der Waals surface area contributed by atoms with Crippen LogP contribution in [0.4, 0.5) is 0 Å². The van der Waals surface area contributed by atoms with Gasteiger partial charge >= 0.3 is 0 Å². The number of nitrogens with one attached hydrogen (secondary N) is 1. The maximum Gasteiger partial charge on any atom is 0.237 e. The second kappa shape index (κ2) is 9.33. The van der Waals surface area contributed by atoms with Crippen LogP contribution in [0, 0.1) is 5.92 Å². The molecule has 0 aliphatic heterocycles. The third-order valence-electron chi connectivity index (χ3n) is 3.95. The maximum absolute atomic E-state index is 11.9. The molecule has 0 saturated carbocycles. The molecule has 0 bridgehead atoms. The third kappa shape index (κ3) is 5.69. The van der Waals surface area contributed by atoms with Gasteiger partial charge in [-0.3, -0.25) is 9.48 Å². The van der Waals surface area contributed by atoms with Gasteiger partial charge in [0.2, 0.25) is 5.91 Å². The Labute approximate surface area is 143 Å². The van der Waals surface area contributed by atoms with Gasteiger partial charge in [-0.05, 0) is 23.1 Å². The number of halogens is 1. The molecule has 2 aromatic rings. The fraction of sp³-hybridized carbons (Fsp3) is 0.412. The zero-order chi connectivity index (χ0) is 15.9. The van der Waals surface area contributed by atoms with Gasteiger partial charge in [0.15, 0.2) is 0 Å². The SMILES string of the molecule is CCC(C)C(N)C(=O)NCc1ccc(Cn2cccn2)cc1.Cl. The van der Waals surface area contributed by atoms with Gasteiger partial charge in [0.1, 0.15) is 0 Å². The van der Waals surface area contributed by atoms with Crippen molar-refractivity contribution in [3.05, 3.63) is 53.9 Å². The Morgan fingerprint density at radius 2 is 1.96 bits per heavy atom. The van der Waals surface area contributed by atoms with E-state index in [9.17, 15) is 4.79 Å². The topological polar surface area (TPSA) is 72.9 Å². The lowest BCUT2D eigenvalue weighted by molar-refractivity contribution is -0.123. The largest absolute Gasteiger partial charge is 0.351 e. The predicted molar refractivity (Wildman–Crippen MR) is 94.3 cm³/mol. The second-order valence-electron chi connectivity index (χ2n) is 5.65. The predicted octanol–water partition coefficient (Wildman–Crippen LogP) is 2.34. The van der Waals surface area contributed by atoms with E-state index in [-0.39, 0.29) is 24.2 Å². The quantitative estimate of drug-likeness (QED) is 0.815. The number of nitrogens with zero attached hydrogens (tertiary/aromatic N) is 2. The summed E-state index contributed by atoms with van der Waals surface area (Å²) in [4.78, 5) is 11.9. The van der Waals surface area contributed by atoms with E-state index in [4.69, 9.17) is 5.73 Å². The van der Waals surface area contributed by atoms with Gasteiger partial charge in [0, 0.05) is 18.9 Å². The highest BCUT2D eigenvalue weighted by Gasteiger charge is 2.18. The molecule has 2 atom stereocenters. The van der Waals surface area contributed by atoms with Crippen LogP contribution in [0.3, 0.4) is 0 Å². The average Bonchev–Trinajstić information content (AvgIpc) is 3.05. The van der Waals surface area contributed by atoms with Gasteiger partial charge in [-0.15, -0.1) is 12.4 Å². The zero-order valence-corrected chi connectivity index (χ0v) is 14.4. The molecule has 3 N–H and O–H groups in total. The van der Waals surface area contributed by atoms with Gasteiger partial charge in [-0.2, -0.15) is 5.10 Å². The molecule has 0 fully saturated rings. The monoisotopic (exact) mass is 336 g/mol. The minimum absolute atomic E-state index is 0. The molecular weight excluding hydrogens is 312 g/mol. The molecule has 0 saturated heterocycles. The van der Waals surface area contributed by atoms with Gasteiger partial charge < -0.3 is 11.1 Å². The van der Waals surface area contributed by atoms with Crippen molar-refractivity contribution in [3.8, 4) is 0 Å². The highest BCUT2D eigenvalue weighted by Crippen LogP contribution is 2.08. The van der Waals surface area contributed by atoms with Crippen LogP contribution in [0.5, 0.6) is 0 Å². The van der Waals surface area contributed by atoms with E-state index in [1.54, 1.807) is 6.20 Å². The first-order valence-corrected chi connectivity index (χ1v) is 7.68. The maximum atomic E-state index is 11.9. The molecule has 0 radical (unpaired) electrons. The van der Waals surface area contributed by atoms with Gasteiger partial charge in [0.25, 0.3) is 0 Å². The fourth-order valence-corrected chi connectivity index (χ4v) is 2.16. The summed E-state index contributed by atoms with van der Waals surface area (Å²) < 4.78 is 1.88. The Bertz CT molecular complexity index is 583. The van der Waals surface area contributed by atoms with E-state index in [0.29, 0.717) is 6.54 Å². The second-order valence-corrected chi connectivity index (χ2v) is 5.65. The minimum atomic E-state index is -0.441. The van der Waals surface area contributed by atoms with Crippen LogP contribution in [-0.4, -0.2) is 21.7 Å². The Balaban J connectivity index is 0.00000264.